The van der Waals surface area contributed by atoms with E-state index in [4.69, 9.17) is 13.8 Å². The molecular weight excluding hydrogens is 459 g/mol. The van der Waals surface area contributed by atoms with Gasteiger partial charge in [0, 0.05) is 5.56 Å². The highest BCUT2D eigenvalue weighted by molar-refractivity contribution is 7.54. The number of aromatic hydroxyl groups is 1. The van der Waals surface area contributed by atoms with Crippen LogP contribution in [-0.4, -0.2) is 29.3 Å². The lowest BCUT2D eigenvalue weighted by molar-refractivity contribution is -0.384. The van der Waals surface area contributed by atoms with E-state index < -0.39 is 30.5 Å². The zero-order chi connectivity index (χ0) is 25.0. The number of nitro groups is 1. The number of benzene rings is 3. The minimum Gasteiger partial charge on any atom is -0.508 e. The Morgan fingerprint density at radius 2 is 1.65 bits per heavy atom. The molecule has 0 aliphatic rings. The molecule has 9 nitrogen and oxygen atoms in total. The number of nitro benzene ring substituents is 1. The summed E-state index contributed by atoms with van der Waals surface area (Å²) in [6.45, 7) is 6.86. The second kappa shape index (κ2) is 10.4. The largest absolute Gasteiger partial charge is 0.508 e. The van der Waals surface area contributed by atoms with Crippen molar-refractivity contribution in [2.75, 3.05) is 12.4 Å². The lowest BCUT2D eigenvalue weighted by atomic mass is 10.0. The predicted molar refractivity (Wildman–Crippen MR) is 132 cm³/mol. The molecule has 1 atom stereocenters. The fraction of sp³-hybridized carbons (Fsp3) is 0.333. The van der Waals surface area contributed by atoms with Crippen LogP contribution < -0.4 is 10.1 Å². The molecule has 3 rings (SSSR count). The molecule has 0 aromatic heterocycles. The quantitative estimate of drug-likeness (QED) is 0.186. The molecule has 3 aromatic rings. The number of hydrogen-bond acceptors (Lipinski definition) is 8. The van der Waals surface area contributed by atoms with Crippen LogP contribution >= 0.6 is 7.60 Å². The van der Waals surface area contributed by atoms with Gasteiger partial charge in [-0.25, -0.2) is 0 Å². The lowest BCUT2D eigenvalue weighted by Gasteiger charge is -2.32. The maximum atomic E-state index is 14.3. The Balaban J connectivity index is 2.29. The van der Waals surface area contributed by atoms with Crippen molar-refractivity contribution in [3.8, 4) is 11.5 Å². The van der Waals surface area contributed by atoms with Gasteiger partial charge >= 0.3 is 7.60 Å². The van der Waals surface area contributed by atoms with Crippen molar-refractivity contribution in [3.05, 3.63) is 70.3 Å². The van der Waals surface area contributed by atoms with Crippen molar-refractivity contribution in [3.63, 3.8) is 0 Å². The molecule has 0 saturated carbocycles. The summed E-state index contributed by atoms with van der Waals surface area (Å²) in [5.41, 5.74) is 0.0423. The Bertz CT molecular complexity index is 1220. The molecule has 0 saturated heterocycles. The minimum absolute atomic E-state index is 0.0723. The first-order valence-corrected chi connectivity index (χ1v) is 12.4. The van der Waals surface area contributed by atoms with Gasteiger partial charge in [-0.15, -0.1) is 0 Å². The highest BCUT2D eigenvalue weighted by Gasteiger charge is 2.42. The van der Waals surface area contributed by atoms with Crippen LogP contribution in [0.3, 0.4) is 0 Å². The summed E-state index contributed by atoms with van der Waals surface area (Å²) in [5, 5.41) is 27.1. The summed E-state index contributed by atoms with van der Waals surface area (Å²) in [6.07, 6.45) is -0.978. The number of phenolic OH excluding ortho intramolecular Hbond substituents is 1. The summed E-state index contributed by atoms with van der Waals surface area (Å²) in [6, 6.07) is 14.8. The fourth-order valence-electron chi connectivity index (χ4n) is 3.67. The van der Waals surface area contributed by atoms with Gasteiger partial charge in [-0.2, -0.15) is 0 Å². The van der Waals surface area contributed by atoms with Gasteiger partial charge in [-0.1, -0.05) is 30.3 Å². The second-order valence-corrected chi connectivity index (χ2v) is 10.3. The lowest BCUT2D eigenvalue weighted by Crippen LogP contribution is -2.20. The van der Waals surface area contributed by atoms with E-state index in [2.05, 4.69) is 5.32 Å². The number of nitrogens with zero attached hydrogens (tertiary/aromatic N) is 1. The molecule has 34 heavy (non-hydrogen) atoms. The summed E-state index contributed by atoms with van der Waals surface area (Å²) >= 11 is 0. The molecule has 0 heterocycles. The monoisotopic (exact) mass is 488 g/mol. The number of hydrogen-bond donors (Lipinski definition) is 2. The number of nitrogens with one attached hydrogen (secondary N) is 1. The van der Waals surface area contributed by atoms with Gasteiger partial charge in [0.25, 0.3) is 5.69 Å². The van der Waals surface area contributed by atoms with Crippen LogP contribution in [0.5, 0.6) is 11.5 Å². The summed E-state index contributed by atoms with van der Waals surface area (Å²) < 4.78 is 31.2. The average Bonchev–Trinajstić information content (AvgIpc) is 2.76. The van der Waals surface area contributed by atoms with Gasteiger partial charge in [0.05, 0.1) is 30.3 Å². The zero-order valence-electron chi connectivity index (χ0n) is 19.7. The van der Waals surface area contributed by atoms with E-state index in [0.717, 1.165) is 5.39 Å². The van der Waals surface area contributed by atoms with E-state index in [9.17, 15) is 19.8 Å². The third kappa shape index (κ3) is 5.50. The first-order chi connectivity index (χ1) is 16.1. The van der Waals surface area contributed by atoms with Crippen molar-refractivity contribution in [2.24, 2.45) is 0 Å². The highest BCUT2D eigenvalue weighted by Crippen LogP contribution is 2.64. The van der Waals surface area contributed by atoms with E-state index in [1.807, 2.05) is 12.1 Å². The van der Waals surface area contributed by atoms with Crippen molar-refractivity contribution in [2.45, 2.75) is 45.7 Å². The fourth-order valence-corrected chi connectivity index (χ4v) is 6.03. The normalized spacial score (nSPS) is 12.8. The topological polar surface area (TPSA) is 120 Å². The summed E-state index contributed by atoms with van der Waals surface area (Å²) in [7, 11) is -2.65. The SMILES string of the molecule is COc1ccc(NC(c2c(O)ccc3ccccc23)P(=O)(OC(C)C)OC(C)C)c([N+](=O)[O-])c1. The molecule has 182 valence electrons. The number of methoxy groups -OCH3 is 1. The van der Waals surface area contributed by atoms with Crippen LogP contribution in [0.1, 0.15) is 39.0 Å². The van der Waals surface area contributed by atoms with E-state index in [1.54, 1.807) is 52.0 Å². The predicted octanol–water partition coefficient (Wildman–Crippen LogP) is 6.62. The van der Waals surface area contributed by atoms with Crippen LogP contribution in [-0.2, 0) is 13.6 Å². The summed E-state index contributed by atoms with van der Waals surface area (Å²) in [4.78, 5) is 11.3. The molecule has 10 heteroatoms. The Morgan fingerprint density at radius 1 is 1.00 bits per heavy atom. The minimum atomic E-state index is -4.05. The molecule has 0 aliphatic carbocycles. The van der Waals surface area contributed by atoms with Crippen molar-refractivity contribution in [1.82, 2.24) is 0 Å². The van der Waals surface area contributed by atoms with E-state index in [0.29, 0.717) is 11.1 Å². The number of fused-ring (bicyclic) bond motifs is 1. The molecule has 0 aliphatic heterocycles. The first-order valence-electron chi connectivity index (χ1n) is 10.8. The van der Waals surface area contributed by atoms with Gasteiger partial charge in [0.1, 0.15) is 17.2 Å². The smallest absolute Gasteiger partial charge is 0.357 e. The van der Waals surface area contributed by atoms with E-state index in [1.165, 1.54) is 25.3 Å². The van der Waals surface area contributed by atoms with Crippen molar-refractivity contribution in [1.29, 1.82) is 0 Å². The molecule has 0 amide bonds. The Morgan fingerprint density at radius 3 is 2.24 bits per heavy atom. The first kappa shape index (κ1) is 25.5. The van der Waals surface area contributed by atoms with E-state index in [-0.39, 0.29) is 22.7 Å². The van der Waals surface area contributed by atoms with Crippen LogP contribution in [0.25, 0.3) is 10.8 Å². The number of anilines is 1. The van der Waals surface area contributed by atoms with Gasteiger partial charge in [0.15, 0.2) is 5.78 Å². The van der Waals surface area contributed by atoms with Crippen molar-refractivity contribution >= 4 is 29.7 Å². The van der Waals surface area contributed by atoms with Crippen molar-refractivity contribution < 1.29 is 28.4 Å². The van der Waals surface area contributed by atoms with Gasteiger partial charge < -0.3 is 24.2 Å². The van der Waals surface area contributed by atoms with Crippen LogP contribution in [0.15, 0.2) is 54.6 Å². The maximum Gasteiger partial charge on any atom is 0.357 e. The molecule has 0 fully saturated rings. The molecule has 3 aromatic carbocycles. The van der Waals surface area contributed by atoms with Crippen LogP contribution in [0.2, 0.25) is 0 Å². The van der Waals surface area contributed by atoms with Gasteiger partial charge in [0.2, 0.25) is 0 Å². The average molecular weight is 488 g/mol. The molecule has 0 bridgehead atoms. The maximum absolute atomic E-state index is 14.3. The molecule has 1 unspecified atom stereocenters. The summed E-state index contributed by atoms with van der Waals surface area (Å²) in [5.74, 6) is -1.11. The van der Waals surface area contributed by atoms with Crippen LogP contribution in [0.4, 0.5) is 11.4 Å². The number of phenols is 1. The number of rotatable bonds is 10. The highest BCUT2D eigenvalue weighted by atomic mass is 31.2. The number of ether oxygens (including phenoxy) is 1. The third-order valence-electron chi connectivity index (χ3n) is 4.95. The standard InChI is InChI=1S/C24H29N2O7P/c1-15(2)32-34(30,33-16(3)4)24(23-19-9-7-6-8-17(19)10-13-22(23)27)25-20-12-11-18(31-5)14-21(20)26(28)29/h6-16,24-25,27H,1-5H3. The second-order valence-electron chi connectivity index (χ2n) is 8.25. The van der Waals surface area contributed by atoms with Crippen LogP contribution in [0, 0.1) is 10.1 Å². The third-order valence-corrected chi connectivity index (χ3v) is 7.40. The van der Waals surface area contributed by atoms with Gasteiger partial charge in [-0.3, -0.25) is 14.7 Å². The molecule has 0 spiro atoms. The Hall–Kier alpha value is -3.13. The zero-order valence-corrected chi connectivity index (χ0v) is 20.6. The van der Waals surface area contributed by atoms with E-state index >= 15 is 0 Å². The van der Waals surface area contributed by atoms with Gasteiger partial charge in [-0.05, 0) is 56.7 Å². The Labute approximate surface area is 198 Å². The Kier molecular flexibility index (Phi) is 7.82. The molecule has 0 radical (unpaired) electrons. The molecule has 2 N–H and O–H groups in total. The molecular formula is C24H29N2O7P.